The van der Waals surface area contributed by atoms with E-state index in [1.807, 2.05) is 25.7 Å². The van der Waals surface area contributed by atoms with Crippen molar-refractivity contribution in [2.75, 3.05) is 13.1 Å². The highest BCUT2D eigenvalue weighted by molar-refractivity contribution is 5.79. The smallest absolute Gasteiger partial charge is 0.410 e. The number of carbonyl (C=O) groups is 2. The molecule has 1 spiro atoms. The predicted molar refractivity (Wildman–Crippen MR) is 72.9 cm³/mol. The summed E-state index contributed by atoms with van der Waals surface area (Å²) in [5.41, 5.74) is -0.271. The van der Waals surface area contributed by atoms with Gasteiger partial charge in [-0.15, -0.1) is 0 Å². The first kappa shape index (κ1) is 14.4. The standard InChI is InChI=1S/C15H25NO3/c1-14(2,3)19-13(18)16-10-4-7-15(11-16)8-5-12(17)6-9-15/h4-11H2,1-3H3. The van der Waals surface area contributed by atoms with Crippen LogP contribution in [0, 0.1) is 5.41 Å². The van der Waals surface area contributed by atoms with Gasteiger partial charge in [-0.3, -0.25) is 4.79 Å². The molecule has 108 valence electrons. The molecule has 0 atom stereocenters. The van der Waals surface area contributed by atoms with E-state index >= 15 is 0 Å². The highest BCUT2D eigenvalue weighted by atomic mass is 16.6. The second-order valence-electron chi connectivity index (χ2n) is 7.04. The molecule has 0 unspecified atom stereocenters. The van der Waals surface area contributed by atoms with Crippen LogP contribution in [0.4, 0.5) is 4.79 Å². The number of ketones is 1. The van der Waals surface area contributed by atoms with Crippen LogP contribution in [0.5, 0.6) is 0 Å². The number of hydrogen-bond acceptors (Lipinski definition) is 3. The zero-order valence-electron chi connectivity index (χ0n) is 12.3. The number of Topliss-reactive ketones (excluding diaryl/α,β-unsaturated/α-hetero) is 1. The fourth-order valence-electron chi connectivity index (χ4n) is 3.16. The number of rotatable bonds is 0. The van der Waals surface area contributed by atoms with Crippen molar-refractivity contribution in [3.63, 3.8) is 0 Å². The highest BCUT2D eigenvalue weighted by Crippen LogP contribution is 2.42. The maximum atomic E-state index is 12.1. The molecule has 0 N–H and O–H groups in total. The molecule has 2 aliphatic rings. The Morgan fingerprint density at radius 1 is 1.21 bits per heavy atom. The van der Waals surface area contributed by atoms with Crippen LogP contribution in [0.25, 0.3) is 0 Å². The number of nitrogens with zero attached hydrogens (tertiary/aromatic N) is 1. The van der Waals surface area contributed by atoms with Gasteiger partial charge in [0.1, 0.15) is 11.4 Å². The second-order valence-corrected chi connectivity index (χ2v) is 7.04. The van der Waals surface area contributed by atoms with E-state index in [4.69, 9.17) is 4.74 Å². The van der Waals surface area contributed by atoms with Crippen molar-refractivity contribution in [2.45, 2.75) is 64.9 Å². The summed E-state index contributed by atoms with van der Waals surface area (Å²) in [5, 5.41) is 0. The number of amides is 1. The summed E-state index contributed by atoms with van der Waals surface area (Å²) in [6, 6.07) is 0. The van der Waals surface area contributed by atoms with Crippen molar-refractivity contribution in [1.82, 2.24) is 4.90 Å². The minimum atomic E-state index is -0.440. The summed E-state index contributed by atoms with van der Waals surface area (Å²) in [6.07, 6.45) is 5.19. The van der Waals surface area contributed by atoms with Crippen LogP contribution in [0.2, 0.25) is 0 Å². The van der Waals surface area contributed by atoms with Crippen molar-refractivity contribution in [1.29, 1.82) is 0 Å². The monoisotopic (exact) mass is 267 g/mol. The van der Waals surface area contributed by atoms with Gasteiger partial charge in [-0.25, -0.2) is 4.79 Å². The third-order valence-corrected chi connectivity index (χ3v) is 4.18. The fraction of sp³-hybridized carbons (Fsp3) is 0.867. The Labute approximate surface area is 115 Å². The van der Waals surface area contributed by atoms with Crippen LogP contribution in [-0.4, -0.2) is 35.5 Å². The van der Waals surface area contributed by atoms with Gasteiger partial charge in [0, 0.05) is 25.9 Å². The molecular formula is C15H25NO3. The Bertz CT molecular complexity index is 360. The van der Waals surface area contributed by atoms with Gasteiger partial charge in [0.15, 0.2) is 0 Å². The Kier molecular flexibility index (Phi) is 3.88. The molecule has 2 fully saturated rings. The summed E-state index contributed by atoms with van der Waals surface area (Å²) in [4.78, 5) is 25.4. The molecule has 4 nitrogen and oxygen atoms in total. The molecule has 0 aromatic heterocycles. The van der Waals surface area contributed by atoms with Gasteiger partial charge in [-0.05, 0) is 51.9 Å². The van der Waals surface area contributed by atoms with Crippen LogP contribution in [0.3, 0.4) is 0 Å². The molecule has 1 saturated carbocycles. The molecule has 1 heterocycles. The van der Waals surface area contributed by atoms with Crippen LogP contribution in [0.15, 0.2) is 0 Å². The van der Waals surface area contributed by atoms with Gasteiger partial charge in [-0.2, -0.15) is 0 Å². The average molecular weight is 267 g/mol. The van der Waals surface area contributed by atoms with Gasteiger partial charge in [0.05, 0.1) is 0 Å². The minimum Gasteiger partial charge on any atom is -0.444 e. The van der Waals surface area contributed by atoms with Crippen molar-refractivity contribution < 1.29 is 14.3 Å². The van der Waals surface area contributed by atoms with Crippen molar-refractivity contribution in [2.24, 2.45) is 5.41 Å². The number of ether oxygens (including phenoxy) is 1. The Morgan fingerprint density at radius 3 is 2.42 bits per heavy atom. The summed E-state index contributed by atoms with van der Waals surface area (Å²) >= 11 is 0. The molecule has 0 radical (unpaired) electrons. The Hall–Kier alpha value is -1.06. The summed E-state index contributed by atoms with van der Waals surface area (Å²) in [5.74, 6) is 0.375. The van der Waals surface area contributed by atoms with Gasteiger partial charge in [0.2, 0.25) is 0 Å². The lowest BCUT2D eigenvalue weighted by atomic mass is 9.69. The molecule has 1 saturated heterocycles. The number of piperidine rings is 1. The van der Waals surface area contributed by atoms with E-state index in [9.17, 15) is 9.59 Å². The lowest BCUT2D eigenvalue weighted by Gasteiger charge is -2.44. The normalized spacial score (nSPS) is 23.5. The lowest BCUT2D eigenvalue weighted by molar-refractivity contribution is -0.123. The fourth-order valence-corrected chi connectivity index (χ4v) is 3.16. The molecule has 1 aliphatic heterocycles. The lowest BCUT2D eigenvalue weighted by Crippen LogP contribution is -2.49. The molecule has 1 aliphatic carbocycles. The first-order chi connectivity index (χ1) is 8.80. The molecule has 4 heteroatoms. The maximum Gasteiger partial charge on any atom is 0.410 e. The van der Waals surface area contributed by atoms with Crippen LogP contribution in [-0.2, 0) is 9.53 Å². The topological polar surface area (TPSA) is 46.6 Å². The van der Waals surface area contributed by atoms with E-state index in [0.29, 0.717) is 18.6 Å². The number of hydrogen-bond donors (Lipinski definition) is 0. The van der Waals surface area contributed by atoms with E-state index in [1.165, 1.54) is 0 Å². The van der Waals surface area contributed by atoms with Crippen molar-refractivity contribution in [3.05, 3.63) is 0 Å². The van der Waals surface area contributed by atoms with Crippen LogP contribution < -0.4 is 0 Å². The maximum absolute atomic E-state index is 12.1. The van der Waals surface area contributed by atoms with Gasteiger partial charge >= 0.3 is 6.09 Å². The third kappa shape index (κ3) is 3.71. The van der Waals surface area contributed by atoms with E-state index in [1.54, 1.807) is 0 Å². The van der Waals surface area contributed by atoms with Gasteiger partial charge < -0.3 is 9.64 Å². The zero-order valence-corrected chi connectivity index (χ0v) is 12.3. The van der Waals surface area contributed by atoms with Crippen molar-refractivity contribution >= 4 is 11.9 Å². The predicted octanol–water partition coefficient (Wildman–Crippen LogP) is 3.15. The molecule has 0 aromatic rings. The zero-order chi connectivity index (χ0) is 14.1. The third-order valence-electron chi connectivity index (χ3n) is 4.18. The molecule has 19 heavy (non-hydrogen) atoms. The molecule has 0 bridgehead atoms. The number of carbonyl (C=O) groups excluding carboxylic acids is 2. The summed E-state index contributed by atoms with van der Waals surface area (Å²) in [7, 11) is 0. The molecule has 2 rings (SSSR count). The first-order valence-corrected chi connectivity index (χ1v) is 7.29. The minimum absolute atomic E-state index is 0.170. The van der Waals surface area contributed by atoms with Crippen LogP contribution in [0.1, 0.15) is 59.3 Å². The van der Waals surface area contributed by atoms with Gasteiger partial charge in [-0.1, -0.05) is 0 Å². The molecular weight excluding hydrogens is 242 g/mol. The van der Waals surface area contributed by atoms with Crippen molar-refractivity contribution in [3.8, 4) is 0 Å². The Balaban J connectivity index is 1.97. The van der Waals surface area contributed by atoms with Crippen LogP contribution >= 0.6 is 0 Å². The summed E-state index contributed by atoms with van der Waals surface area (Å²) in [6.45, 7) is 7.22. The Morgan fingerprint density at radius 2 is 1.84 bits per heavy atom. The van der Waals surface area contributed by atoms with E-state index in [-0.39, 0.29) is 11.5 Å². The largest absolute Gasteiger partial charge is 0.444 e. The highest BCUT2D eigenvalue weighted by Gasteiger charge is 2.40. The summed E-state index contributed by atoms with van der Waals surface area (Å²) < 4.78 is 5.45. The van der Waals surface area contributed by atoms with E-state index in [0.717, 1.165) is 38.8 Å². The number of likely N-dealkylation sites (tertiary alicyclic amines) is 1. The van der Waals surface area contributed by atoms with Gasteiger partial charge in [0.25, 0.3) is 0 Å². The quantitative estimate of drug-likeness (QED) is 0.677. The SMILES string of the molecule is CC(C)(C)OC(=O)N1CCCC2(CCC(=O)CC2)C1. The van der Waals surface area contributed by atoms with E-state index < -0.39 is 5.60 Å². The molecule has 1 amide bonds. The van der Waals surface area contributed by atoms with E-state index in [2.05, 4.69) is 0 Å². The molecule has 0 aromatic carbocycles. The first-order valence-electron chi connectivity index (χ1n) is 7.29. The second kappa shape index (κ2) is 5.14. The average Bonchev–Trinajstić information content (AvgIpc) is 2.32.